The van der Waals surface area contributed by atoms with E-state index >= 15 is 0 Å². The second-order valence-corrected chi connectivity index (χ2v) is 8.40. The van der Waals surface area contributed by atoms with Crippen molar-refractivity contribution in [2.45, 2.75) is 33.2 Å². The first-order valence-electron chi connectivity index (χ1n) is 9.88. The summed E-state index contributed by atoms with van der Waals surface area (Å²) in [4.78, 5) is 23.5. The van der Waals surface area contributed by atoms with Crippen LogP contribution in [-0.4, -0.2) is 27.0 Å². The maximum Gasteiger partial charge on any atom is 0.233 e. The predicted molar refractivity (Wildman–Crippen MR) is 118 cm³/mol. The second-order valence-electron chi connectivity index (χ2n) is 7.39. The maximum atomic E-state index is 14.2. The molecular weight excluding hydrogens is 399 g/mol. The van der Waals surface area contributed by atoms with Gasteiger partial charge in [0.25, 0.3) is 0 Å². The minimum atomic E-state index is -0.366. The van der Waals surface area contributed by atoms with Crippen LogP contribution in [0.3, 0.4) is 0 Å². The van der Waals surface area contributed by atoms with Gasteiger partial charge in [0.15, 0.2) is 5.13 Å². The summed E-state index contributed by atoms with van der Waals surface area (Å²) >= 11 is 1.35. The number of halogens is 1. The Labute approximate surface area is 178 Å². The van der Waals surface area contributed by atoms with Crippen molar-refractivity contribution in [1.82, 2.24) is 14.5 Å². The van der Waals surface area contributed by atoms with E-state index in [-0.39, 0.29) is 18.1 Å². The number of carbonyl (C=O) groups excluding carboxylic acids is 1. The number of benzene rings is 2. The number of imidazole rings is 1. The number of aromatic nitrogens is 3. The van der Waals surface area contributed by atoms with E-state index in [1.54, 1.807) is 23.5 Å². The summed E-state index contributed by atoms with van der Waals surface area (Å²) in [5, 5.41) is 0.537. The quantitative estimate of drug-likeness (QED) is 0.425. The number of aryl methyl sites for hydroxylation is 3. The van der Waals surface area contributed by atoms with E-state index < -0.39 is 0 Å². The molecule has 0 saturated heterocycles. The van der Waals surface area contributed by atoms with Crippen LogP contribution in [0.5, 0.6) is 0 Å². The van der Waals surface area contributed by atoms with Crippen LogP contribution in [0.1, 0.15) is 23.1 Å². The van der Waals surface area contributed by atoms with Crippen LogP contribution in [-0.2, 0) is 17.8 Å². The summed E-state index contributed by atoms with van der Waals surface area (Å²) in [6.07, 6.45) is 6.42. The molecule has 2 aromatic heterocycles. The molecule has 154 valence electrons. The van der Waals surface area contributed by atoms with Gasteiger partial charge < -0.3 is 4.57 Å². The van der Waals surface area contributed by atoms with E-state index in [9.17, 15) is 9.18 Å². The van der Waals surface area contributed by atoms with E-state index in [0.717, 1.165) is 28.8 Å². The van der Waals surface area contributed by atoms with E-state index in [1.807, 2.05) is 42.8 Å². The number of fused-ring (bicyclic) bond motifs is 1. The largest absolute Gasteiger partial charge is 0.337 e. The van der Waals surface area contributed by atoms with Gasteiger partial charge in [0.1, 0.15) is 11.3 Å². The molecule has 0 aliphatic heterocycles. The number of para-hydroxylation sites is 1. The fraction of sp³-hybridized carbons (Fsp3) is 0.261. The third kappa shape index (κ3) is 4.41. The molecule has 5 nitrogen and oxygen atoms in total. The number of anilines is 1. The molecule has 0 atom stereocenters. The second kappa shape index (κ2) is 8.75. The van der Waals surface area contributed by atoms with E-state index in [4.69, 9.17) is 0 Å². The average molecular weight is 423 g/mol. The molecule has 0 fully saturated rings. The number of amides is 1. The van der Waals surface area contributed by atoms with Crippen LogP contribution in [0, 0.1) is 19.7 Å². The Morgan fingerprint density at radius 1 is 1.23 bits per heavy atom. The Morgan fingerprint density at radius 3 is 2.83 bits per heavy atom. The summed E-state index contributed by atoms with van der Waals surface area (Å²) in [5.74, 6) is -0.401. The molecule has 0 bridgehead atoms. The number of hydrogen-bond donors (Lipinski definition) is 0. The molecule has 0 N–H and O–H groups in total. The maximum absolute atomic E-state index is 14.2. The normalized spacial score (nSPS) is 11.2. The molecule has 4 rings (SSSR count). The van der Waals surface area contributed by atoms with Crippen LogP contribution < -0.4 is 4.90 Å². The van der Waals surface area contributed by atoms with E-state index in [2.05, 4.69) is 16.0 Å². The summed E-state index contributed by atoms with van der Waals surface area (Å²) in [6.45, 7) is 5.30. The Kier molecular flexibility index (Phi) is 5.90. The Balaban J connectivity index is 1.59. The molecular formula is C23H23FN4OS. The third-order valence-corrected chi connectivity index (χ3v) is 6.13. The molecule has 0 aliphatic carbocycles. The summed E-state index contributed by atoms with van der Waals surface area (Å²) < 4.78 is 16.9. The van der Waals surface area contributed by atoms with Crippen molar-refractivity contribution in [3.63, 3.8) is 0 Å². The first kappa shape index (κ1) is 20.2. The van der Waals surface area contributed by atoms with Crippen molar-refractivity contribution >= 4 is 32.6 Å². The first-order valence-corrected chi connectivity index (χ1v) is 10.7. The van der Waals surface area contributed by atoms with Crippen molar-refractivity contribution in [1.29, 1.82) is 0 Å². The van der Waals surface area contributed by atoms with Gasteiger partial charge in [0, 0.05) is 25.5 Å². The number of thiazole rings is 1. The Bertz CT molecular complexity index is 1170. The molecule has 2 aromatic carbocycles. The van der Waals surface area contributed by atoms with Crippen molar-refractivity contribution in [2.24, 2.45) is 0 Å². The SMILES string of the molecule is Cc1ccc(CC(=O)N(CCCn2ccnc2)c2nc3c(F)cccc3s2)c(C)c1. The highest BCUT2D eigenvalue weighted by molar-refractivity contribution is 7.22. The fourth-order valence-electron chi connectivity index (χ4n) is 3.48. The number of nitrogens with zero attached hydrogens (tertiary/aromatic N) is 4. The number of hydrogen-bond acceptors (Lipinski definition) is 4. The molecule has 2 heterocycles. The number of rotatable bonds is 7. The smallest absolute Gasteiger partial charge is 0.233 e. The predicted octanol–water partition coefficient (Wildman–Crippen LogP) is 4.91. The van der Waals surface area contributed by atoms with Crippen molar-refractivity contribution in [3.05, 3.63) is 77.6 Å². The van der Waals surface area contributed by atoms with Gasteiger partial charge in [0.05, 0.1) is 17.4 Å². The van der Waals surface area contributed by atoms with Gasteiger partial charge in [-0.2, -0.15) is 0 Å². The topological polar surface area (TPSA) is 51.0 Å². The third-order valence-electron chi connectivity index (χ3n) is 5.09. The van der Waals surface area contributed by atoms with Gasteiger partial charge in [-0.15, -0.1) is 0 Å². The summed E-state index contributed by atoms with van der Waals surface area (Å²) in [6, 6.07) is 11.0. The van der Waals surface area contributed by atoms with Crippen molar-refractivity contribution in [2.75, 3.05) is 11.4 Å². The molecule has 0 saturated carbocycles. The Hall–Kier alpha value is -3.06. The van der Waals surface area contributed by atoms with Crippen LogP contribution in [0.25, 0.3) is 10.2 Å². The molecule has 1 amide bonds. The fourth-order valence-corrected chi connectivity index (χ4v) is 4.50. The highest BCUT2D eigenvalue weighted by Gasteiger charge is 2.21. The van der Waals surface area contributed by atoms with Gasteiger partial charge in [-0.1, -0.05) is 41.2 Å². The highest BCUT2D eigenvalue weighted by atomic mass is 32.1. The lowest BCUT2D eigenvalue weighted by atomic mass is 10.0. The highest BCUT2D eigenvalue weighted by Crippen LogP contribution is 2.31. The lowest BCUT2D eigenvalue weighted by Gasteiger charge is -2.20. The molecule has 7 heteroatoms. The monoisotopic (exact) mass is 422 g/mol. The molecule has 0 unspecified atom stereocenters. The van der Waals surface area contributed by atoms with E-state index in [1.165, 1.54) is 23.0 Å². The summed E-state index contributed by atoms with van der Waals surface area (Å²) in [7, 11) is 0. The van der Waals surface area contributed by atoms with Crippen molar-refractivity contribution in [3.8, 4) is 0 Å². The van der Waals surface area contributed by atoms with Crippen LogP contribution in [0.4, 0.5) is 9.52 Å². The van der Waals surface area contributed by atoms with Crippen LogP contribution >= 0.6 is 11.3 Å². The van der Waals surface area contributed by atoms with Gasteiger partial charge in [-0.25, -0.2) is 14.4 Å². The zero-order valence-electron chi connectivity index (χ0n) is 17.0. The van der Waals surface area contributed by atoms with Gasteiger partial charge in [0.2, 0.25) is 5.91 Å². The molecule has 0 radical (unpaired) electrons. The first-order chi connectivity index (χ1) is 14.5. The Morgan fingerprint density at radius 2 is 2.10 bits per heavy atom. The molecule has 30 heavy (non-hydrogen) atoms. The van der Waals surface area contributed by atoms with Crippen molar-refractivity contribution < 1.29 is 9.18 Å². The zero-order chi connectivity index (χ0) is 21.1. The lowest BCUT2D eigenvalue weighted by molar-refractivity contribution is -0.118. The van der Waals surface area contributed by atoms with Gasteiger partial charge in [-0.05, 0) is 43.5 Å². The standard InChI is InChI=1S/C23H23FN4OS/c1-16-7-8-18(17(2)13-16)14-21(29)28(11-4-10-27-12-9-25-15-27)23-26-22-19(24)5-3-6-20(22)30-23/h3,5-9,12-13,15H,4,10-11,14H2,1-2H3. The molecule has 4 aromatic rings. The minimum Gasteiger partial charge on any atom is -0.337 e. The lowest BCUT2D eigenvalue weighted by Crippen LogP contribution is -2.33. The van der Waals surface area contributed by atoms with Crippen LogP contribution in [0.15, 0.2) is 55.1 Å². The minimum absolute atomic E-state index is 0.0351. The zero-order valence-corrected chi connectivity index (χ0v) is 17.8. The molecule has 0 spiro atoms. The average Bonchev–Trinajstić information content (AvgIpc) is 3.37. The van der Waals surface area contributed by atoms with Gasteiger partial charge in [-0.3, -0.25) is 9.69 Å². The van der Waals surface area contributed by atoms with Gasteiger partial charge >= 0.3 is 0 Å². The van der Waals surface area contributed by atoms with Crippen LogP contribution in [0.2, 0.25) is 0 Å². The molecule has 0 aliphatic rings. The number of carbonyl (C=O) groups is 1. The summed E-state index contributed by atoms with van der Waals surface area (Å²) in [5.41, 5.74) is 3.58. The van der Waals surface area contributed by atoms with E-state index in [0.29, 0.717) is 17.2 Å².